The molecule has 7 nitrogen and oxygen atoms in total. The van der Waals surface area contributed by atoms with E-state index in [1.54, 1.807) is 31.3 Å². The highest BCUT2D eigenvalue weighted by atomic mass is 32.2. The van der Waals surface area contributed by atoms with Crippen LogP contribution in [0.5, 0.6) is 5.75 Å². The van der Waals surface area contributed by atoms with Gasteiger partial charge in [0.1, 0.15) is 16.7 Å². The highest BCUT2D eigenvalue weighted by molar-refractivity contribution is 7.89. The molecule has 8 heteroatoms. The van der Waals surface area contributed by atoms with Crippen LogP contribution in [0.2, 0.25) is 0 Å². The summed E-state index contributed by atoms with van der Waals surface area (Å²) in [4.78, 5) is 6.66. The smallest absolute Gasteiger partial charge is 0.247 e. The molecule has 0 unspecified atom stereocenters. The first-order valence-electron chi connectivity index (χ1n) is 10.9. The lowest BCUT2D eigenvalue weighted by Gasteiger charge is -2.37. The zero-order valence-corrected chi connectivity index (χ0v) is 20.0. The molecule has 0 saturated carbocycles. The zero-order valence-electron chi connectivity index (χ0n) is 19.2. The molecule has 0 fully saturated rings. The van der Waals surface area contributed by atoms with Crippen LogP contribution in [0.1, 0.15) is 32.0 Å². The molecular formula is C24H33N3O4S. The molecule has 1 aromatic carbocycles. The monoisotopic (exact) mass is 459 g/mol. The molecule has 0 amide bonds. The minimum Gasteiger partial charge on any atom is -0.487 e. The highest BCUT2D eigenvalue weighted by Gasteiger charge is 2.38. The topological polar surface area (TPSA) is 83.0 Å². The molecule has 1 aromatic heterocycles. The van der Waals surface area contributed by atoms with Gasteiger partial charge in [-0.3, -0.25) is 9.88 Å². The fourth-order valence-electron chi connectivity index (χ4n) is 3.90. The van der Waals surface area contributed by atoms with Crippen LogP contribution in [0.15, 0.2) is 53.6 Å². The normalized spacial score (nSPS) is 22.2. The minimum absolute atomic E-state index is 0.0940. The number of aromatic nitrogens is 1. The Morgan fingerprint density at radius 2 is 2.12 bits per heavy atom. The van der Waals surface area contributed by atoms with E-state index in [4.69, 9.17) is 4.74 Å². The number of benzene rings is 1. The number of allylic oxidation sites excluding steroid dienone is 1. The van der Waals surface area contributed by atoms with Gasteiger partial charge < -0.3 is 9.84 Å². The quantitative estimate of drug-likeness (QED) is 0.685. The van der Waals surface area contributed by atoms with E-state index >= 15 is 0 Å². The van der Waals surface area contributed by atoms with Gasteiger partial charge in [-0.25, -0.2) is 8.42 Å². The van der Waals surface area contributed by atoms with Gasteiger partial charge in [0.05, 0.1) is 12.3 Å². The second-order valence-corrected chi connectivity index (χ2v) is 10.3. The van der Waals surface area contributed by atoms with E-state index < -0.39 is 16.1 Å². The van der Waals surface area contributed by atoms with Crippen molar-refractivity contribution in [2.45, 2.75) is 44.4 Å². The number of rotatable bonds is 7. The molecule has 3 rings (SSSR count). The Morgan fingerprint density at radius 1 is 1.34 bits per heavy atom. The Balaban J connectivity index is 1.97. The molecule has 0 aliphatic carbocycles. The van der Waals surface area contributed by atoms with Gasteiger partial charge in [-0.15, -0.1) is 0 Å². The van der Waals surface area contributed by atoms with Crippen LogP contribution >= 0.6 is 0 Å². The van der Waals surface area contributed by atoms with Crippen molar-refractivity contribution in [3.8, 4) is 5.75 Å². The number of sulfonamides is 1. The molecule has 0 spiro atoms. The number of hydrogen-bond acceptors (Lipinski definition) is 6. The van der Waals surface area contributed by atoms with Crippen LogP contribution in [0.3, 0.4) is 0 Å². The second-order valence-electron chi connectivity index (χ2n) is 8.46. The summed E-state index contributed by atoms with van der Waals surface area (Å²) >= 11 is 0. The van der Waals surface area contributed by atoms with E-state index in [-0.39, 0.29) is 30.1 Å². The number of pyridine rings is 1. The number of aliphatic hydroxyl groups is 1. The van der Waals surface area contributed by atoms with E-state index in [0.29, 0.717) is 18.8 Å². The minimum atomic E-state index is -3.82. The third-order valence-electron chi connectivity index (χ3n) is 5.70. The standard InChI is InChI=1S/C24H33N3O4S/c1-5-8-20-10-11-24-22(13-20)31-23(16-26(4)15-21-9-6-7-12-25-21)18(2)14-27(19(3)17-28)32(24,29)30/h5-13,18-19,23,28H,14-17H2,1-4H3/b8-5+/t18-,19-,23+/m1/s1. The van der Waals surface area contributed by atoms with Crippen LogP contribution in [0.25, 0.3) is 6.08 Å². The maximum atomic E-state index is 13.5. The lowest BCUT2D eigenvalue weighted by atomic mass is 10.0. The summed E-state index contributed by atoms with van der Waals surface area (Å²) < 4.78 is 34.7. The number of hydrogen-bond donors (Lipinski definition) is 1. The predicted molar refractivity (Wildman–Crippen MR) is 126 cm³/mol. The second kappa shape index (κ2) is 10.6. The highest BCUT2D eigenvalue weighted by Crippen LogP contribution is 2.34. The van der Waals surface area contributed by atoms with Crippen LogP contribution in [-0.4, -0.2) is 66.6 Å². The summed E-state index contributed by atoms with van der Waals surface area (Å²) in [6.07, 6.45) is 5.34. The molecule has 0 radical (unpaired) electrons. The number of ether oxygens (including phenoxy) is 1. The first-order chi connectivity index (χ1) is 15.3. The molecule has 2 aromatic rings. The SMILES string of the molecule is C/C=C/c1ccc2c(c1)O[C@@H](CN(C)Cc1ccccn1)[C@H](C)CN([C@H](C)CO)S2(=O)=O. The van der Waals surface area contributed by atoms with Crippen LogP contribution in [-0.2, 0) is 16.6 Å². The fourth-order valence-corrected chi connectivity index (χ4v) is 5.72. The van der Waals surface area contributed by atoms with Crippen LogP contribution in [0.4, 0.5) is 0 Å². The molecule has 1 N–H and O–H groups in total. The number of nitrogens with zero attached hydrogens (tertiary/aromatic N) is 3. The predicted octanol–water partition coefficient (Wildman–Crippen LogP) is 3.02. The van der Waals surface area contributed by atoms with Crippen molar-refractivity contribution in [3.05, 3.63) is 59.9 Å². The maximum Gasteiger partial charge on any atom is 0.247 e. The van der Waals surface area contributed by atoms with Gasteiger partial charge in [0.2, 0.25) is 10.0 Å². The van der Waals surface area contributed by atoms with Crippen molar-refractivity contribution >= 4 is 16.1 Å². The van der Waals surface area contributed by atoms with Crippen molar-refractivity contribution < 1.29 is 18.3 Å². The number of fused-ring (bicyclic) bond motifs is 1. The van der Waals surface area contributed by atoms with Crippen molar-refractivity contribution in [2.75, 3.05) is 26.7 Å². The largest absolute Gasteiger partial charge is 0.487 e. The summed E-state index contributed by atoms with van der Waals surface area (Å²) in [6, 6.07) is 10.4. The lowest BCUT2D eigenvalue weighted by molar-refractivity contribution is 0.0730. The molecule has 3 atom stereocenters. The average Bonchev–Trinajstić information content (AvgIpc) is 2.76. The van der Waals surface area contributed by atoms with Gasteiger partial charge in [0, 0.05) is 37.8 Å². The zero-order chi connectivity index (χ0) is 23.3. The summed E-state index contributed by atoms with van der Waals surface area (Å²) in [5.41, 5.74) is 1.83. The van der Waals surface area contributed by atoms with Crippen LogP contribution < -0.4 is 4.74 Å². The first-order valence-corrected chi connectivity index (χ1v) is 12.3. The molecule has 174 valence electrons. The summed E-state index contributed by atoms with van der Waals surface area (Å²) in [7, 11) is -1.81. The Bertz CT molecular complexity index is 1030. The van der Waals surface area contributed by atoms with Gasteiger partial charge in [-0.05, 0) is 50.7 Å². The molecule has 0 bridgehead atoms. The Hall–Kier alpha value is -2.26. The van der Waals surface area contributed by atoms with E-state index in [2.05, 4.69) is 9.88 Å². The average molecular weight is 460 g/mol. The van der Waals surface area contributed by atoms with Crippen molar-refractivity contribution in [2.24, 2.45) is 5.92 Å². The van der Waals surface area contributed by atoms with Crippen LogP contribution in [0, 0.1) is 5.92 Å². The Kier molecular flexibility index (Phi) is 8.05. The van der Waals surface area contributed by atoms with Crippen molar-refractivity contribution in [3.63, 3.8) is 0 Å². The summed E-state index contributed by atoms with van der Waals surface area (Å²) in [5.74, 6) is 0.252. The number of likely N-dealkylation sites (N-methyl/N-ethyl adjacent to an activating group) is 1. The maximum absolute atomic E-state index is 13.5. The van der Waals surface area contributed by atoms with E-state index in [1.165, 1.54) is 4.31 Å². The number of aliphatic hydroxyl groups excluding tert-OH is 1. The van der Waals surface area contributed by atoms with E-state index in [1.807, 2.05) is 51.2 Å². The third kappa shape index (κ3) is 5.56. The third-order valence-corrected chi connectivity index (χ3v) is 7.72. The summed E-state index contributed by atoms with van der Waals surface area (Å²) in [6.45, 7) is 6.91. The fraction of sp³-hybridized carbons (Fsp3) is 0.458. The van der Waals surface area contributed by atoms with E-state index in [9.17, 15) is 13.5 Å². The van der Waals surface area contributed by atoms with Crippen molar-refractivity contribution in [1.29, 1.82) is 0 Å². The van der Waals surface area contributed by atoms with Gasteiger partial charge in [-0.1, -0.05) is 31.2 Å². The molecule has 0 saturated heterocycles. The summed E-state index contributed by atoms with van der Waals surface area (Å²) in [5, 5.41) is 9.74. The molecule has 1 aliphatic rings. The van der Waals surface area contributed by atoms with Gasteiger partial charge in [0.15, 0.2) is 0 Å². The Labute approximate surface area is 191 Å². The molecule has 32 heavy (non-hydrogen) atoms. The van der Waals surface area contributed by atoms with Gasteiger partial charge in [-0.2, -0.15) is 4.31 Å². The molecule has 2 heterocycles. The Morgan fingerprint density at radius 3 is 2.78 bits per heavy atom. The molecular weight excluding hydrogens is 426 g/mol. The lowest BCUT2D eigenvalue weighted by Crippen LogP contribution is -2.49. The molecule has 1 aliphatic heterocycles. The van der Waals surface area contributed by atoms with Gasteiger partial charge >= 0.3 is 0 Å². The van der Waals surface area contributed by atoms with Crippen molar-refractivity contribution in [1.82, 2.24) is 14.2 Å². The van der Waals surface area contributed by atoms with Gasteiger partial charge in [0.25, 0.3) is 0 Å². The first kappa shape index (κ1) is 24.4. The van der Waals surface area contributed by atoms with E-state index in [0.717, 1.165) is 11.3 Å².